The van der Waals surface area contributed by atoms with E-state index in [4.69, 9.17) is 0 Å². The highest BCUT2D eigenvalue weighted by Gasteiger charge is 2.40. The van der Waals surface area contributed by atoms with E-state index in [1.165, 1.54) is 0 Å². The Morgan fingerprint density at radius 2 is 1.19 bits per heavy atom. The number of benzene rings is 3. The number of aromatic nitrogens is 1. The lowest BCUT2D eigenvalue weighted by Crippen LogP contribution is -2.62. The summed E-state index contributed by atoms with van der Waals surface area (Å²) in [5.74, 6) is -1.56. The van der Waals surface area contributed by atoms with Crippen molar-refractivity contribution in [2.24, 2.45) is 0 Å². The first kappa shape index (κ1) is 28.2. The minimum Gasteiger partial charge on any atom is -0.361 e. The second kappa shape index (κ2) is 12.5. The number of carbonyl (C=O) groups is 4. The summed E-state index contributed by atoms with van der Waals surface area (Å²) < 4.78 is 0. The molecule has 0 spiro atoms. The van der Waals surface area contributed by atoms with E-state index in [9.17, 15) is 19.2 Å². The van der Waals surface area contributed by atoms with Crippen molar-refractivity contribution < 1.29 is 19.2 Å². The molecule has 2 aliphatic rings. The summed E-state index contributed by atoms with van der Waals surface area (Å²) in [6.45, 7) is 0.409. The van der Waals surface area contributed by atoms with Gasteiger partial charge in [-0.3, -0.25) is 19.2 Å². The van der Waals surface area contributed by atoms with Crippen LogP contribution in [0.15, 0.2) is 91.1 Å². The molecule has 4 N–H and O–H groups in total. The van der Waals surface area contributed by atoms with Gasteiger partial charge in [0.1, 0.15) is 24.2 Å². The van der Waals surface area contributed by atoms with E-state index < -0.39 is 36.0 Å². The number of hydrogen-bond donors (Lipinski definition) is 4. The van der Waals surface area contributed by atoms with Gasteiger partial charge in [-0.25, -0.2) is 0 Å². The van der Waals surface area contributed by atoms with Crippen LogP contribution in [0.25, 0.3) is 10.9 Å². The molecule has 3 aromatic carbocycles. The summed E-state index contributed by atoms with van der Waals surface area (Å²) in [6, 6.07) is 23.1. The minimum atomic E-state index is -0.984. The number of H-pyrrole nitrogens is 1. The second-order valence-corrected chi connectivity index (χ2v) is 11.3. The van der Waals surface area contributed by atoms with Crippen LogP contribution in [0.4, 0.5) is 0 Å². The van der Waals surface area contributed by atoms with E-state index >= 15 is 0 Å². The number of nitrogens with zero attached hydrogens (tertiary/aromatic N) is 1. The van der Waals surface area contributed by atoms with Crippen LogP contribution >= 0.6 is 0 Å². The average Bonchev–Trinajstić information content (AvgIpc) is 3.68. The molecule has 1 aromatic heterocycles. The zero-order chi connectivity index (χ0) is 29.8. The maximum absolute atomic E-state index is 14.0. The van der Waals surface area contributed by atoms with Gasteiger partial charge < -0.3 is 25.8 Å². The van der Waals surface area contributed by atoms with Crippen LogP contribution in [0.1, 0.15) is 29.5 Å². The molecular weight excluding hydrogens is 542 g/mol. The summed E-state index contributed by atoms with van der Waals surface area (Å²) >= 11 is 0. The van der Waals surface area contributed by atoms with Gasteiger partial charge in [0.05, 0.1) is 0 Å². The molecule has 9 nitrogen and oxygen atoms in total. The van der Waals surface area contributed by atoms with Gasteiger partial charge in [-0.2, -0.15) is 0 Å². The fourth-order valence-electron chi connectivity index (χ4n) is 6.15. The first-order valence-electron chi connectivity index (χ1n) is 14.8. The third kappa shape index (κ3) is 6.30. The van der Waals surface area contributed by atoms with Gasteiger partial charge in [-0.15, -0.1) is 0 Å². The Bertz CT molecular complexity index is 1620. The molecule has 2 fully saturated rings. The highest BCUT2D eigenvalue weighted by Crippen LogP contribution is 2.22. The molecule has 6 rings (SSSR count). The van der Waals surface area contributed by atoms with Crippen LogP contribution in [0.3, 0.4) is 0 Å². The third-order valence-corrected chi connectivity index (χ3v) is 8.38. The van der Waals surface area contributed by atoms with E-state index in [1.807, 2.05) is 91.1 Å². The SMILES string of the molecule is O=C1N[C@@H](Cc2ccccc2)C(=O)N2CCC[C@H]2C(=O)N[C@@H](Cc2ccccc2)C(=O)N[C@H]1Cc1c[nH]c2ccccc12. The summed E-state index contributed by atoms with van der Waals surface area (Å²) in [5.41, 5.74) is 3.53. The van der Waals surface area contributed by atoms with Crippen molar-refractivity contribution in [1.29, 1.82) is 0 Å². The van der Waals surface area contributed by atoms with Gasteiger partial charge in [0.25, 0.3) is 0 Å². The fraction of sp³-hybridized carbons (Fsp3) is 0.294. The lowest BCUT2D eigenvalue weighted by Gasteiger charge is -2.32. The Balaban J connectivity index is 1.36. The molecule has 0 saturated carbocycles. The summed E-state index contributed by atoms with van der Waals surface area (Å²) in [6.07, 6.45) is 3.70. The molecule has 0 radical (unpaired) electrons. The topological polar surface area (TPSA) is 123 Å². The largest absolute Gasteiger partial charge is 0.361 e. The number of carbonyl (C=O) groups excluding carboxylic acids is 4. The van der Waals surface area contributed by atoms with E-state index in [1.54, 1.807) is 4.90 Å². The zero-order valence-corrected chi connectivity index (χ0v) is 23.8. The molecule has 0 bridgehead atoms. The molecule has 0 unspecified atom stereocenters. The Kier molecular flexibility index (Phi) is 8.22. The van der Waals surface area contributed by atoms with Crippen molar-refractivity contribution in [3.63, 3.8) is 0 Å². The molecule has 4 aromatic rings. The lowest BCUT2D eigenvalue weighted by molar-refractivity contribution is -0.143. The van der Waals surface area contributed by atoms with Crippen molar-refractivity contribution in [1.82, 2.24) is 25.8 Å². The fourth-order valence-corrected chi connectivity index (χ4v) is 6.15. The maximum Gasteiger partial charge on any atom is 0.246 e. The van der Waals surface area contributed by atoms with E-state index in [2.05, 4.69) is 20.9 Å². The van der Waals surface area contributed by atoms with Crippen LogP contribution in [-0.2, 0) is 38.4 Å². The first-order chi connectivity index (χ1) is 21.0. The van der Waals surface area contributed by atoms with Gasteiger partial charge in [0.15, 0.2) is 0 Å². The Labute approximate surface area is 250 Å². The van der Waals surface area contributed by atoms with Gasteiger partial charge in [-0.1, -0.05) is 78.9 Å². The number of nitrogens with one attached hydrogen (secondary N) is 4. The van der Waals surface area contributed by atoms with Crippen molar-refractivity contribution in [2.45, 2.75) is 56.3 Å². The molecule has 0 aliphatic carbocycles. The molecule has 2 saturated heterocycles. The number of para-hydroxylation sites is 1. The normalized spacial score (nSPS) is 23.1. The van der Waals surface area contributed by atoms with Crippen LogP contribution in [0.5, 0.6) is 0 Å². The first-order valence-corrected chi connectivity index (χ1v) is 14.8. The van der Waals surface area contributed by atoms with Crippen molar-refractivity contribution in [2.75, 3.05) is 6.54 Å². The molecule has 9 heteroatoms. The third-order valence-electron chi connectivity index (χ3n) is 8.38. The van der Waals surface area contributed by atoms with Gasteiger partial charge >= 0.3 is 0 Å². The van der Waals surface area contributed by atoms with Gasteiger partial charge in [0, 0.05) is 42.9 Å². The van der Waals surface area contributed by atoms with Crippen LogP contribution < -0.4 is 16.0 Å². The smallest absolute Gasteiger partial charge is 0.246 e. The quantitative estimate of drug-likeness (QED) is 0.281. The average molecular weight is 578 g/mol. The minimum absolute atomic E-state index is 0.201. The van der Waals surface area contributed by atoms with Crippen molar-refractivity contribution in [3.05, 3.63) is 108 Å². The predicted molar refractivity (Wildman–Crippen MR) is 163 cm³/mol. The predicted octanol–water partition coefficient (Wildman–Crippen LogP) is 2.65. The van der Waals surface area contributed by atoms with Crippen molar-refractivity contribution in [3.8, 4) is 0 Å². The number of amides is 4. The number of rotatable bonds is 6. The highest BCUT2D eigenvalue weighted by atomic mass is 16.2. The van der Waals surface area contributed by atoms with Crippen LogP contribution in [0.2, 0.25) is 0 Å². The molecular formula is C34H35N5O4. The summed E-state index contributed by atoms with van der Waals surface area (Å²) in [4.78, 5) is 60.3. The van der Waals surface area contributed by atoms with Gasteiger partial charge in [0.2, 0.25) is 23.6 Å². The lowest BCUT2D eigenvalue weighted by atomic mass is 9.99. The zero-order valence-electron chi connectivity index (χ0n) is 23.8. The molecule has 4 atom stereocenters. The maximum atomic E-state index is 14.0. The summed E-state index contributed by atoms with van der Waals surface area (Å²) in [7, 11) is 0. The molecule has 220 valence electrons. The summed E-state index contributed by atoms with van der Waals surface area (Å²) in [5, 5.41) is 9.78. The van der Waals surface area contributed by atoms with E-state index in [-0.39, 0.29) is 31.1 Å². The highest BCUT2D eigenvalue weighted by molar-refractivity contribution is 5.98. The Morgan fingerprint density at radius 3 is 1.88 bits per heavy atom. The standard InChI is InChI=1S/C34H35N5O4/c40-31-27(18-22-10-3-1-4-11-22)37-33(42)30-16-9-17-39(30)34(43)29(19-23-12-5-2-6-13-23)38-32(41)28(36-31)20-24-21-35-26-15-8-7-14-25(24)26/h1-8,10-15,21,27-30,35H,9,16-20H2,(H,36,40)(H,37,42)(H,38,41)/t27-,28-,29-,30-/m0/s1. The molecule has 43 heavy (non-hydrogen) atoms. The molecule has 3 heterocycles. The van der Waals surface area contributed by atoms with E-state index in [0.717, 1.165) is 27.6 Å². The number of hydrogen-bond acceptors (Lipinski definition) is 4. The molecule has 4 amide bonds. The van der Waals surface area contributed by atoms with Crippen LogP contribution in [-0.4, -0.2) is 64.2 Å². The number of aromatic amines is 1. The second-order valence-electron chi connectivity index (χ2n) is 11.3. The van der Waals surface area contributed by atoms with E-state index in [0.29, 0.717) is 19.4 Å². The van der Waals surface area contributed by atoms with Crippen LogP contribution in [0, 0.1) is 0 Å². The Hall–Kier alpha value is -4.92. The van der Waals surface area contributed by atoms with Gasteiger partial charge in [-0.05, 0) is 35.6 Å². The monoisotopic (exact) mass is 577 g/mol. The number of fused-ring (bicyclic) bond motifs is 2. The Morgan fingerprint density at radius 1 is 0.628 bits per heavy atom. The molecule has 2 aliphatic heterocycles. The van der Waals surface area contributed by atoms with Crippen molar-refractivity contribution >= 4 is 34.5 Å².